The number of ether oxygens (including phenoxy) is 1. The van der Waals surface area contributed by atoms with Gasteiger partial charge in [0.25, 0.3) is 0 Å². The summed E-state index contributed by atoms with van der Waals surface area (Å²) in [6.07, 6.45) is 3.97. The largest absolute Gasteiger partial charge is 0.376 e. The van der Waals surface area contributed by atoms with Gasteiger partial charge in [-0.3, -0.25) is 4.98 Å². The van der Waals surface area contributed by atoms with E-state index in [0.29, 0.717) is 13.1 Å². The molecule has 2 aromatic heterocycles. The van der Waals surface area contributed by atoms with Crippen LogP contribution in [0.4, 0.5) is 4.79 Å². The lowest BCUT2D eigenvalue weighted by Gasteiger charge is -2.27. The van der Waals surface area contributed by atoms with Gasteiger partial charge in [-0.1, -0.05) is 12.1 Å². The Morgan fingerprint density at radius 1 is 1.46 bits per heavy atom. The first-order valence-corrected chi connectivity index (χ1v) is 9.20. The topological polar surface area (TPSA) is 54.5 Å². The van der Waals surface area contributed by atoms with Gasteiger partial charge in [0, 0.05) is 24.2 Å². The maximum Gasteiger partial charge on any atom is 0.318 e. The molecule has 0 aliphatic carbocycles. The van der Waals surface area contributed by atoms with Crippen LogP contribution in [0.25, 0.3) is 0 Å². The van der Waals surface area contributed by atoms with E-state index in [1.165, 1.54) is 4.88 Å². The lowest BCUT2D eigenvalue weighted by molar-refractivity contribution is 0.0792. The van der Waals surface area contributed by atoms with Gasteiger partial charge in [0.1, 0.15) is 0 Å². The van der Waals surface area contributed by atoms with Crippen LogP contribution in [0, 0.1) is 0 Å². The van der Waals surface area contributed by atoms with E-state index in [0.717, 1.165) is 25.1 Å². The van der Waals surface area contributed by atoms with Gasteiger partial charge in [-0.15, -0.1) is 11.3 Å². The molecule has 0 bridgehead atoms. The van der Waals surface area contributed by atoms with Crippen molar-refractivity contribution in [3.8, 4) is 0 Å². The molecule has 2 aromatic rings. The summed E-state index contributed by atoms with van der Waals surface area (Å²) in [7, 11) is 0. The Labute approximate surface area is 146 Å². The van der Waals surface area contributed by atoms with Crippen molar-refractivity contribution in [3.63, 3.8) is 0 Å². The normalized spacial score (nSPS) is 18.3. The molecular formula is C18H23N3O2S. The molecule has 1 aliphatic rings. The minimum Gasteiger partial charge on any atom is -0.376 e. The summed E-state index contributed by atoms with van der Waals surface area (Å²) in [5.41, 5.74) is 0.860. The first kappa shape index (κ1) is 16.9. The third-order valence-electron chi connectivity index (χ3n) is 4.13. The summed E-state index contributed by atoms with van der Waals surface area (Å²) < 4.78 is 5.71. The van der Waals surface area contributed by atoms with Crippen LogP contribution in [-0.4, -0.2) is 35.2 Å². The van der Waals surface area contributed by atoms with Crippen molar-refractivity contribution >= 4 is 17.4 Å². The SMILES string of the molecule is C[C@H](NC(=O)N(Cc1cccs1)C[C@H]1CCCO1)c1ccccn1. The molecular weight excluding hydrogens is 322 g/mol. The average Bonchev–Trinajstić information content (AvgIpc) is 3.29. The number of aromatic nitrogens is 1. The Balaban J connectivity index is 1.65. The lowest BCUT2D eigenvalue weighted by atomic mass is 10.2. The van der Waals surface area contributed by atoms with Gasteiger partial charge >= 0.3 is 6.03 Å². The molecule has 0 aromatic carbocycles. The summed E-state index contributed by atoms with van der Waals surface area (Å²) in [5, 5.41) is 5.09. The monoisotopic (exact) mass is 345 g/mol. The highest BCUT2D eigenvalue weighted by molar-refractivity contribution is 7.09. The zero-order valence-corrected chi connectivity index (χ0v) is 14.7. The van der Waals surface area contributed by atoms with Crippen LogP contribution in [0.5, 0.6) is 0 Å². The van der Waals surface area contributed by atoms with Gasteiger partial charge in [0.2, 0.25) is 0 Å². The van der Waals surface area contributed by atoms with Crippen LogP contribution in [0.3, 0.4) is 0 Å². The Bertz CT molecular complexity index is 627. The van der Waals surface area contributed by atoms with E-state index >= 15 is 0 Å². The average molecular weight is 345 g/mol. The summed E-state index contributed by atoms with van der Waals surface area (Å²) in [4.78, 5) is 20.1. The fourth-order valence-corrected chi connectivity index (χ4v) is 3.55. The molecule has 3 rings (SSSR count). The summed E-state index contributed by atoms with van der Waals surface area (Å²) in [6, 6.07) is 9.60. The molecule has 0 saturated carbocycles. The van der Waals surface area contributed by atoms with Crippen molar-refractivity contribution in [1.82, 2.24) is 15.2 Å². The second-order valence-electron chi connectivity index (χ2n) is 6.02. The number of amides is 2. The van der Waals surface area contributed by atoms with Crippen LogP contribution < -0.4 is 5.32 Å². The van der Waals surface area contributed by atoms with E-state index in [1.54, 1.807) is 17.5 Å². The third-order valence-corrected chi connectivity index (χ3v) is 4.99. The van der Waals surface area contributed by atoms with Crippen molar-refractivity contribution < 1.29 is 9.53 Å². The van der Waals surface area contributed by atoms with Crippen LogP contribution in [-0.2, 0) is 11.3 Å². The highest BCUT2D eigenvalue weighted by atomic mass is 32.1. The number of urea groups is 1. The number of thiophene rings is 1. The molecule has 1 aliphatic heterocycles. The number of carbonyl (C=O) groups excluding carboxylic acids is 1. The second kappa shape index (κ2) is 8.26. The van der Waals surface area contributed by atoms with Crippen molar-refractivity contribution in [1.29, 1.82) is 0 Å². The quantitative estimate of drug-likeness (QED) is 0.870. The molecule has 1 saturated heterocycles. The predicted molar refractivity (Wildman–Crippen MR) is 94.9 cm³/mol. The number of carbonyl (C=O) groups is 1. The van der Waals surface area contributed by atoms with Crippen LogP contribution >= 0.6 is 11.3 Å². The molecule has 128 valence electrons. The van der Waals surface area contributed by atoms with Crippen LogP contribution in [0.2, 0.25) is 0 Å². The molecule has 24 heavy (non-hydrogen) atoms. The summed E-state index contributed by atoms with van der Waals surface area (Å²) >= 11 is 1.67. The van der Waals surface area contributed by atoms with E-state index in [4.69, 9.17) is 4.74 Å². The number of hydrogen-bond acceptors (Lipinski definition) is 4. The number of rotatable bonds is 6. The van der Waals surface area contributed by atoms with Gasteiger partial charge in [0.05, 0.1) is 24.4 Å². The standard InChI is InChI=1S/C18H23N3O2S/c1-14(17-8-2-3-9-19-17)20-18(22)21(12-15-6-4-10-23-15)13-16-7-5-11-24-16/h2-3,5,7-9,11,14-15H,4,6,10,12-13H2,1H3,(H,20,22)/t14-,15+/m0/s1. The first-order valence-electron chi connectivity index (χ1n) is 8.32. The Hall–Kier alpha value is -1.92. The molecule has 0 spiro atoms. The van der Waals surface area contributed by atoms with Gasteiger partial charge in [0.15, 0.2) is 0 Å². The maximum atomic E-state index is 12.8. The van der Waals surface area contributed by atoms with E-state index in [9.17, 15) is 4.79 Å². The molecule has 1 N–H and O–H groups in total. The van der Waals surface area contributed by atoms with Gasteiger partial charge < -0.3 is 15.0 Å². The molecule has 0 radical (unpaired) electrons. The highest BCUT2D eigenvalue weighted by Gasteiger charge is 2.24. The Morgan fingerprint density at radius 3 is 3.04 bits per heavy atom. The molecule has 5 nitrogen and oxygen atoms in total. The van der Waals surface area contributed by atoms with E-state index in [1.807, 2.05) is 41.5 Å². The van der Waals surface area contributed by atoms with Gasteiger partial charge in [-0.2, -0.15) is 0 Å². The highest BCUT2D eigenvalue weighted by Crippen LogP contribution is 2.18. The number of pyridine rings is 1. The molecule has 2 amide bonds. The Morgan fingerprint density at radius 2 is 2.38 bits per heavy atom. The summed E-state index contributed by atoms with van der Waals surface area (Å²) in [6.45, 7) is 3.98. The summed E-state index contributed by atoms with van der Waals surface area (Å²) in [5.74, 6) is 0. The van der Waals surface area contributed by atoms with Crippen molar-refractivity contribution in [2.45, 2.75) is 38.5 Å². The fourth-order valence-electron chi connectivity index (χ4n) is 2.83. The van der Waals surface area contributed by atoms with E-state index in [-0.39, 0.29) is 18.2 Å². The molecule has 6 heteroatoms. The number of nitrogens with zero attached hydrogens (tertiary/aromatic N) is 2. The minimum absolute atomic E-state index is 0.0722. The van der Waals surface area contributed by atoms with E-state index < -0.39 is 0 Å². The van der Waals surface area contributed by atoms with Crippen LogP contribution in [0.15, 0.2) is 41.9 Å². The number of nitrogens with one attached hydrogen (secondary N) is 1. The van der Waals surface area contributed by atoms with E-state index in [2.05, 4.69) is 16.4 Å². The maximum absolute atomic E-state index is 12.8. The van der Waals surface area contributed by atoms with Crippen LogP contribution in [0.1, 0.15) is 36.4 Å². The molecule has 3 heterocycles. The zero-order valence-electron chi connectivity index (χ0n) is 13.9. The molecule has 1 fully saturated rings. The minimum atomic E-state index is -0.131. The predicted octanol–water partition coefficient (Wildman–Crippen LogP) is 3.59. The third kappa shape index (κ3) is 4.55. The molecule has 0 unspecified atom stereocenters. The van der Waals surface area contributed by atoms with Crippen molar-refractivity contribution in [2.24, 2.45) is 0 Å². The fraction of sp³-hybridized carbons (Fsp3) is 0.444. The van der Waals surface area contributed by atoms with Gasteiger partial charge in [-0.05, 0) is 43.3 Å². The lowest BCUT2D eigenvalue weighted by Crippen LogP contribution is -2.44. The number of hydrogen-bond donors (Lipinski definition) is 1. The smallest absolute Gasteiger partial charge is 0.318 e. The van der Waals surface area contributed by atoms with Crippen molar-refractivity contribution in [2.75, 3.05) is 13.2 Å². The van der Waals surface area contributed by atoms with Crippen molar-refractivity contribution in [3.05, 3.63) is 52.5 Å². The Kier molecular flexibility index (Phi) is 5.82. The first-order chi connectivity index (χ1) is 11.7. The zero-order chi connectivity index (χ0) is 16.8. The second-order valence-corrected chi connectivity index (χ2v) is 7.05. The van der Waals surface area contributed by atoms with Gasteiger partial charge in [-0.25, -0.2) is 4.79 Å². The molecule has 2 atom stereocenters.